The maximum absolute atomic E-state index is 12.5. The Hall–Kier alpha value is -2.00. The van der Waals surface area contributed by atoms with Gasteiger partial charge in [-0.3, -0.25) is 9.59 Å². The molecule has 1 aliphatic rings. The number of nitrogens with one attached hydrogen (secondary N) is 1. The summed E-state index contributed by atoms with van der Waals surface area (Å²) in [6, 6.07) is -0.168. The summed E-state index contributed by atoms with van der Waals surface area (Å²) in [4.78, 5) is 31.5. The first-order valence-corrected chi connectivity index (χ1v) is 9.41. The minimum Gasteiger partial charge on any atom is -0.372 e. The van der Waals surface area contributed by atoms with Crippen molar-refractivity contribution >= 4 is 28.1 Å². The topological polar surface area (TPSA) is 88.8 Å². The third kappa shape index (κ3) is 4.16. The predicted molar refractivity (Wildman–Crippen MR) is 93.2 cm³/mol. The minimum atomic E-state index is -0.168. The van der Waals surface area contributed by atoms with E-state index in [1.54, 1.807) is 14.9 Å². The number of hydrogen-bond donors (Lipinski definition) is 1. The van der Waals surface area contributed by atoms with Gasteiger partial charge in [0.2, 0.25) is 16.8 Å². The molecular formula is C16H23N5O3S. The summed E-state index contributed by atoms with van der Waals surface area (Å²) >= 11 is 1.46. The van der Waals surface area contributed by atoms with E-state index in [9.17, 15) is 9.59 Å². The molecule has 2 amide bonds. The van der Waals surface area contributed by atoms with Crippen LogP contribution in [0.3, 0.4) is 0 Å². The zero-order valence-electron chi connectivity index (χ0n) is 14.5. The Bertz CT molecular complexity index is 707. The fraction of sp³-hybridized carbons (Fsp3) is 0.625. The van der Waals surface area contributed by atoms with E-state index in [4.69, 9.17) is 4.74 Å². The second kappa shape index (κ2) is 7.92. The number of piperidine rings is 1. The Morgan fingerprint density at radius 1 is 1.44 bits per heavy atom. The lowest BCUT2D eigenvalue weighted by atomic mass is 9.95. The van der Waals surface area contributed by atoms with Gasteiger partial charge < -0.3 is 15.0 Å². The van der Waals surface area contributed by atoms with Gasteiger partial charge >= 0.3 is 0 Å². The lowest BCUT2D eigenvalue weighted by Gasteiger charge is -2.31. The largest absolute Gasteiger partial charge is 0.372 e. The van der Waals surface area contributed by atoms with Crippen LogP contribution in [0.5, 0.6) is 0 Å². The van der Waals surface area contributed by atoms with Crippen molar-refractivity contribution in [2.24, 2.45) is 5.92 Å². The molecule has 9 heteroatoms. The second-order valence-corrected chi connectivity index (χ2v) is 6.97. The maximum atomic E-state index is 12.5. The van der Waals surface area contributed by atoms with Crippen LogP contribution in [0.1, 0.15) is 38.4 Å². The molecule has 2 aromatic rings. The van der Waals surface area contributed by atoms with Gasteiger partial charge in [0, 0.05) is 25.6 Å². The normalized spacial score (nSPS) is 17.0. The zero-order valence-corrected chi connectivity index (χ0v) is 15.3. The highest BCUT2D eigenvalue weighted by atomic mass is 32.1. The summed E-state index contributed by atoms with van der Waals surface area (Å²) in [5, 5.41) is 7.18. The van der Waals surface area contributed by atoms with Gasteiger partial charge in [-0.2, -0.15) is 5.10 Å². The first-order valence-electron chi connectivity index (χ1n) is 8.53. The van der Waals surface area contributed by atoms with E-state index in [0.29, 0.717) is 32.5 Å². The number of amides is 2. The molecule has 1 fully saturated rings. The van der Waals surface area contributed by atoms with Crippen LogP contribution in [0, 0.1) is 5.92 Å². The number of nitrogens with zero attached hydrogens (tertiary/aromatic N) is 4. The second-order valence-electron chi connectivity index (χ2n) is 6.15. The van der Waals surface area contributed by atoms with Crippen molar-refractivity contribution in [2.45, 2.75) is 32.7 Å². The Morgan fingerprint density at radius 2 is 2.20 bits per heavy atom. The Balaban J connectivity index is 1.49. The fourth-order valence-electron chi connectivity index (χ4n) is 2.94. The SMILES string of the molecule is CCOCC(=O)N1CCC(C(=O)NC(C)c2cn3ncsc3n2)CC1. The predicted octanol–water partition coefficient (Wildman–Crippen LogP) is 1.24. The lowest BCUT2D eigenvalue weighted by Crippen LogP contribution is -2.44. The Labute approximate surface area is 150 Å². The first-order chi connectivity index (χ1) is 12.1. The van der Waals surface area contributed by atoms with Crippen molar-refractivity contribution in [3.8, 4) is 0 Å². The number of carbonyl (C=O) groups is 2. The number of fused-ring (bicyclic) bond motifs is 1. The van der Waals surface area contributed by atoms with Crippen LogP contribution < -0.4 is 5.32 Å². The smallest absolute Gasteiger partial charge is 0.248 e. The first kappa shape index (κ1) is 17.8. The summed E-state index contributed by atoms with van der Waals surface area (Å²) in [5.74, 6) is -0.0474. The summed E-state index contributed by atoms with van der Waals surface area (Å²) in [6.45, 7) is 5.64. The minimum absolute atomic E-state index is 0.000318. The third-order valence-electron chi connectivity index (χ3n) is 4.46. The molecule has 1 atom stereocenters. The molecule has 1 unspecified atom stereocenters. The molecule has 3 heterocycles. The van der Waals surface area contributed by atoms with Crippen molar-refractivity contribution in [1.82, 2.24) is 24.8 Å². The number of carbonyl (C=O) groups excluding carboxylic acids is 2. The van der Waals surface area contributed by atoms with E-state index in [1.165, 1.54) is 11.3 Å². The van der Waals surface area contributed by atoms with Crippen LogP contribution in [-0.2, 0) is 14.3 Å². The van der Waals surface area contributed by atoms with Gasteiger partial charge in [-0.1, -0.05) is 11.3 Å². The maximum Gasteiger partial charge on any atom is 0.248 e. The molecule has 0 aliphatic carbocycles. The van der Waals surface area contributed by atoms with E-state index < -0.39 is 0 Å². The summed E-state index contributed by atoms with van der Waals surface area (Å²) in [7, 11) is 0. The molecule has 8 nitrogen and oxygen atoms in total. The number of aromatic nitrogens is 3. The number of rotatable bonds is 6. The molecule has 136 valence electrons. The molecule has 0 spiro atoms. The fourth-order valence-corrected chi connectivity index (χ4v) is 3.55. The van der Waals surface area contributed by atoms with Crippen LogP contribution in [0.2, 0.25) is 0 Å². The Kier molecular flexibility index (Phi) is 5.64. The Morgan fingerprint density at radius 3 is 2.88 bits per heavy atom. The average molecular weight is 365 g/mol. The quantitative estimate of drug-likeness (QED) is 0.832. The van der Waals surface area contributed by atoms with Crippen LogP contribution in [0.25, 0.3) is 4.96 Å². The molecule has 0 radical (unpaired) electrons. The van der Waals surface area contributed by atoms with Crippen LogP contribution in [0.4, 0.5) is 0 Å². The highest BCUT2D eigenvalue weighted by Crippen LogP contribution is 2.20. The summed E-state index contributed by atoms with van der Waals surface area (Å²) in [6.07, 6.45) is 3.19. The standard InChI is InChI=1S/C16H23N5O3S/c1-3-24-9-14(22)20-6-4-12(5-7-20)15(23)18-11(2)13-8-21-16(19-13)25-10-17-21/h8,10-12H,3-7,9H2,1-2H3,(H,18,23). The number of hydrogen-bond acceptors (Lipinski definition) is 6. The molecule has 3 rings (SSSR count). The lowest BCUT2D eigenvalue weighted by molar-refractivity contribution is -0.139. The van der Waals surface area contributed by atoms with Gasteiger partial charge in [0.1, 0.15) is 12.1 Å². The van der Waals surface area contributed by atoms with Crippen LogP contribution in [0.15, 0.2) is 11.7 Å². The van der Waals surface area contributed by atoms with E-state index >= 15 is 0 Å². The van der Waals surface area contributed by atoms with E-state index in [0.717, 1.165) is 10.7 Å². The van der Waals surface area contributed by atoms with E-state index in [2.05, 4.69) is 15.4 Å². The number of likely N-dealkylation sites (tertiary alicyclic amines) is 1. The van der Waals surface area contributed by atoms with Gasteiger partial charge in [0.05, 0.1) is 17.9 Å². The molecule has 2 aromatic heterocycles. The third-order valence-corrected chi connectivity index (χ3v) is 5.14. The van der Waals surface area contributed by atoms with Crippen LogP contribution >= 0.6 is 11.3 Å². The molecule has 1 N–H and O–H groups in total. The van der Waals surface area contributed by atoms with Gasteiger partial charge in [0.15, 0.2) is 0 Å². The van der Waals surface area contributed by atoms with Gasteiger partial charge in [-0.05, 0) is 26.7 Å². The molecule has 0 saturated carbocycles. The van der Waals surface area contributed by atoms with Crippen molar-refractivity contribution in [2.75, 3.05) is 26.3 Å². The van der Waals surface area contributed by atoms with Crippen molar-refractivity contribution < 1.29 is 14.3 Å². The van der Waals surface area contributed by atoms with Crippen molar-refractivity contribution in [3.05, 3.63) is 17.4 Å². The van der Waals surface area contributed by atoms with E-state index in [1.807, 2.05) is 20.0 Å². The zero-order chi connectivity index (χ0) is 17.8. The molecule has 25 heavy (non-hydrogen) atoms. The summed E-state index contributed by atoms with van der Waals surface area (Å²) in [5.41, 5.74) is 2.53. The molecular weight excluding hydrogens is 342 g/mol. The van der Waals surface area contributed by atoms with Gasteiger partial charge in [-0.15, -0.1) is 0 Å². The van der Waals surface area contributed by atoms with Gasteiger partial charge in [0.25, 0.3) is 0 Å². The van der Waals surface area contributed by atoms with E-state index in [-0.39, 0.29) is 30.4 Å². The highest BCUT2D eigenvalue weighted by Gasteiger charge is 2.28. The molecule has 0 aromatic carbocycles. The van der Waals surface area contributed by atoms with Gasteiger partial charge in [-0.25, -0.2) is 9.50 Å². The number of imidazole rings is 1. The monoisotopic (exact) mass is 365 g/mol. The average Bonchev–Trinajstić information content (AvgIpc) is 3.21. The van der Waals surface area contributed by atoms with Crippen molar-refractivity contribution in [1.29, 1.82) is 0 Å². The van der Waals surface area contributed by atoms with Crippen LogP contribution in [-0.4, -0.2) is 57.6 Å². The highest BCUT2D eigenvalue weighted by molar-refractivity contribution is 7.14. The molecule has 1 saturated heterocycles. The number of ether oxygens (including phenoxy) is 1. The molecule has 1 aliphatic heterocycles. The summed E-state index contributed by atoms with van der Waals surface area (Å²) < 4.78 is 6.87. The molecule has 0 bridgehead atoms. The van der Waals surface area contributed by atoms with Crippen molar-refractivity contribution in [3.63, 3.8) is 0 Å².